The first kappa shape index (κ1) is 22.0. The summed E-state index contributed by atoms with van der Waals surface area (Å²) < 4.78 is 17.5. The van der Waals surface area contributed by atoms with Crippen LogP contribution >= 0.6 is 23.2 Å². The van der Waals surface area contributed by atoms with Gasteiger partial charge >= 0.3 is 0 Å². The van der Waals surface area contributed by atoms with Gasteiger partial charge in [0.25, 0.3) is 0 Å². The lowest BCUT2D eigenvalue weighted by atomic mass is 9.89. The van der Waals surface area contributed by atoms with E-state index in [2.05, 4.69) is 4.90 Å². The monoisotopic (exact) mass is 463 g/mol. The van der Waals surface area contributed by atoms with Crippen LogP contribution in [0.3, 0.4) is 0 Å². The SMILES string of the molecule is COc1cc(OC)c2c(=O)cc(-c3cccc(Cl)c3Cl)oc2c1C1CCN(C)C1CO. The number of likely N-dealkylation sites (N-methyl/N-ethyl adjacent to an activating group) is 1. The molecule has 6 nitrogen and oxygen atoms in total. The molecule has 0 aliphatic carbocycles. The van der Waals surface area contributed by atoms with Crippen molar-refractivity contribution in [3.63, 3.8) is 0 Å². The summed E-state index contributed by atoms with van der Waals surface area (Å²) in [7, 11) is 5.02. The maximum absolute atomic E-state index is 13.2. The molecule has 0 spiro atoms. The Balaban J connectivity index is 2.07. The van der Waals surface area contributed by atoms with Gasteiger partial charge < -0.3 is 23.9 Å². The summed E-state index contributed by atoms with van der Waals surface area (Å²) in [5.41, 5.74) is 1.36. The topological polar surface area (TPSA) is 72.1 Å². The lowest BCUT2D eigenvalue weighted by Crippen LogP contribution is -2.32. The Hall–Kier alpha value is -2.25. The highest BCUT2D eigenvalue weighted by Gasteiger charge is 2.37. The summed E-state index contributed by atoms with van der Waals surface area (Å²) in [6.45, 7) is 0.776. The van der Waals surface area contributed by atoms with Gasteiger partial charge in [0.05, 0.1) is 30.9 Å². The van der Waals surface area contributed by atoms with Crippen molar-refractivity contribution in [3.05, 3.63) is 56.2 Å². The quantitative estimate of drug-likeness (QED) is 0.597. The second kappa shape index (κ2) is 8.71. The number of rotatable bonds is 5. The first-order valence-electron chi connectivity index (χ1n) is 9.89. The van der Waals surface area contributed by atoms with Crippen molar-refractivity contribution >= 4 is 34.2 Å². The number of hydrogen-bond acceptors (Lipinski definition) is 6. The summed E-state index contributed by atoms with van der Waals surface area (Å²) >= 11 is 12.6. The molecule has 1 saturated heterocycles. The Morgan fingerprint density at radius 3 is 2.61 bits per heavy atom. The number of nitrogens with zero attached hydrogens (tertiary/aromatic N) is 1. The molecule has 2 heterocycles. The first-order chi connectivity index (χ1) is 14.9. The van der Waals surface area contributed by atoms with Crippen LogP contribution in [0.5, 0.6) is 11.5 Å². The number of benzene rings is 2. The van der Waals surface area contributed by atoms with Crippen LogP contribution in [0.15, 0.2) is 39.5 Å². The molecule has 8 heteroatoms. The zero-order valence-electron chi connectivity index (χ0n) is 17.4. The van der Waals surface area contributed by atoms with Crippen LogP contribution in [-0.2, 0) is 0 Å². The second-order valence-corrected chi connectivity index (χ2v) is 8.39. The molecule has 2 unspecified atom stereocenters. The summed E-state index contributed by atoms with van der Waals surface area (Å²) in [5.74, 6) is 1.11. The highest BCUT2D eigenvalue weighted by atomic mass is 35.5. The fourth-order valence-electron chi connectivity index (χ4n) is 4.42. The van der Waals surface area contributed by atoms with Crippen molar-refractivity contribution in [1.29, 1.82) is 0 Å². The van der Waals surface area contributed by atoms with Crippen LogP contribution in [0.1, 0.15) is 17.9 Å². The molecular formula is C23H23Cl2NO5. The Labute approximate surface area is 189 Å². The predicted molar refractivity (Wildman–Crippen MR) is 122 cm³/mol. The van der Waals surface area contributed by atoms with Gasteiger partial charge in [-0.2, -0.15) is 0 Å². The number of halogens is 2. The number of aliphatic hydroxyl groups excluding tert-OH is 1. The molecular weight excluding hydrogens is 441 g/mol. The van der Waals surface area contributed by atoms with E-state index in [1.807, 2.05) is 7.05 Å². The van der Waals surface area contributed by atoms with Gasteiger partial charge in [0.2, 0.25) is 0 Å². The third kappa shape index (κ3) is 3.68. The maximum Gasteiger partial charge on any atom is 0.197 e. The molecule has 0 bridgehead atoms. The largest absolute Gasteiger partial charge is 0.496 e. The summed E-state index contributed by atoms with van der Waals surface area (Å²) in [4.78, 5) is 15.3. The summed E-state index contributed by atoms with van der Waals surface area (Å²) in [6, 6.07) is 8.12. The van der Waals surface area contributed by atoms with Crippen LogP contribution < -0.4 is 14.9 Å². The molecule has 0 saturated carbocycles. The van der Waals surface area contributed by atoms with Crippen LogP contribution in [0, 0.1) is 0 Å². The molecule has 2 aromatic carbocycles. The van der Waals surface area contributed by atoms with Crippen LogP contribution in [0.2, 0.25) is 10.0 Å². The van der Waals surface area contributed by atoms with Crippen molar-refractivity contribution in [1.82, 2.24) is 4.90 Å². The highest BCUT2D eigenvalue weighted by Crippen LogP contribution is 2.45. The summed E-state index contributed by atoms with van der Waals surface area (Å²) in [5, 5.41) is 11.0. The van der Waals surface area contributed by atoms with E-state index in [0.717, 1.165) is 18.5 Å². The van der Waals surface area contributed by atoms with Gasteiger partial charge in [-0.25, -0.2) is 0 Å². The minimum Gasteiger partial charge on any atom is -0.496 e. The Kier molecular flexibility index (Phi) is 6.17. The molecule has 0 amide bonds. The van der Waals surface area contributed by atoms with Gasteiger partial charge in [-0.1, -0.05) is 29.3 Å². The standard InChI is InChI=1S/C23H23Cl2NO5/c1-26-8-7-12(15(26)11-27)20-18(29-2)10-19(30-3)21-16(28)9-17(31-23(20)21)13-5-4-6-14(24)22(13)25/h4-6,9-10,12,15,27H,7-8,11H2,1-3H3. The van der Waals surface area contributed by atoms with Gasteiger partial charge in [0, 0.05) is 35.2 Å². The Bertz CT molecular complexity index is 1190. The molecule has 1 aliphatic rings. The van der Waals surface area contributed by atoms with Crippen LogP contribution in [0.4, 0.5) is 0 Å². The van der Waals surface area contributed by atoms with E-state index in [9.17, 15) is 9.90 Å². The number of aliphatic hydroxyl groups is 1. The third-order valence-electron chi connectivity index (χ3n) is 6.00. The molecule has 3 aromatic rings. The number of methoxy groups -OCH3 is 2. The van der Waals surface area contributed by atoms with E-state index in [-0.39, 0.29) is 24.0 Å². The molecule has 1 aliphatic heterocycles. The van der Waals surface area contributed by atoms with Gasteiger partial charge in [-0.3, -0.25) is 4.79 Å². The first-order valence-corrected chi connectivity index (χ1v) is 10.6. The summed E-state index contributed by atoms with van der Waals surface area (Å²) in [6.07, 6.45) is 0.783. The van der Waals surface area contributed by atoms with E-state index < -0.39 is 0 Å². The van der Waals surface area contributed by atoms with Crippen molar-refractivity contribution in [2.75, 3.05) is 34.4 Å². The minimum absolute atomic E-state index is 0.0259. The molecule has 31 heavy (non-hydrogen) atoms. The zero-order chi connectivity index (χ0) is 22.3. The maximum atomic E-state index is 13.2. The van der Waals surface area contributed by atoms with Gasteiger partial charge in [0.15, 0.2) is 5.43 Å². The Morgan fingerprint density at radius 2 is 1.94 bits per heavy atom. The average molecular weight is 464 g/mol. The van der Waals surface area contributed by atoms with E-state index in [4.69, 9.17) is 37.1 Å². The molecule has 4 rings (SSSR count). The van der Waals surface area contributed by atoms with Gasteiger partial charge in [-0.15, -0.1) is 0 Å². The number of fused-ring (bicyclic) bond motifs is 1. The molecule has 1 fully saturated rings. The van der Waals surface area contributed by atoms with Crippen molar-refractivity contribution in [2.24, 2.45) is 0 Å². The lowest BCUT2D eigenvalue weighted by molar-refractivity contribution is 0.171. The number of likely N-dealkylation sites (tertiary alicyclic amines) is 1. The zero-order valence-corrected chi connectivity index (χ0v) is 19.0. The Morgan fingerprint density at radius 1 is 1.19 bits per heavy atom. The van der Waals surface area contributed by atoms with Gasteiger partial charge in [-0.05, 0) is 32.1 Å². The fraction of sp³-hybridized carbons (Fsp3) is 0.348. The second-order valence-electron chi connectivity index (χ2n) is 7.60. The van der Waals surface area contributed by atoms with E-state index in [1.54, 1.807) is 31.4 Å². The van der Waals surface area contributed by atoms with Crippen molar-refractivity contribution in [2.45, 2.75) is 18.4 Å². The smallest absolute Gasteiger partial charge is 0.197 e. The molecule has 1 aromatic heterocycles. The van der Waals surface area contributed by atoms with Crippen LogP contribution in [-0.4, -0.2) is 50.5 Å². The molecule has 164 valence electrons. The third-order valence-corrected chi connectivity index (χ3v) is 6.82. The molecule has 2 atom stereocenters. The highest BCUT2D eigenvalue weighted by molar-refractivity contribution is 6.43. The van der Waals surface area contributed by atoms with E-state index >= 15 is 0 Å². The van der Waals surface area contributed by atoms with Crippen molar-refractivity contribution in [3.8, 4) is 22.8 Å². The fourth-order valence-corrected chi connectivity index (χ4v) is 4.81. The number of hydrogen-bond donors (Lipinski definition) is 1. The predicted octanol–water partition coefficient (Wildman–Crippen LogP) is 4.56. The molecule has 1 N–H and O–H groups in total. The van der Waals surface area contributed by atoms with Crippen molar-refractivity contribution < 1.29 is 19.0 Å². The van der Waals surface area contributed by atoms with E-state index in [0.29, 0.717) is 43.8 Å². The average Bonchev–Trinajstić information content (AvgIpc) is 3.13. The minimum atomic E-state index is -0.264. The normalized spacial score (nSPS) is 19.2. The van der Waals surface area contributed by atoms with Crippen LogP contribution in [0.25, 0.3) is 22.3 Å². The molecule has 0 radical (unpaired) electrons. The number of ether oxygens (including phenoxy) is 2. The lowest BCUT2D eigenvalue weighted by Gasteiger charge is -2.25. The van der Waals surface area contributed by atoms with E-state index in [1.165, 1.54) is 13.2 Å². The van der Waals surface area contributed by atoms with Gasteiger partial charge in [0.1, 0.15) is 28.2 Å².